The van der Waals surface area contributed by atoms with Gasteiger partial charge in [-0.1, -0.05) is 36.7 Å². The van der Waals surface area contributed by atoms with Crippen LogP contribution in [0, 0.1) is 0 Å². The molecule has 0 aliphatic rings. The third-order valence-corrected chi connectivity index (χ3v) is 3.70. The van der Waals surface area contributed by atoms with Crippen molar-refractivity contribution in [3.05, 3.63) is 53.1 Å². The van der Waals surface area contributed by atoms with Gasteiger partial charge in [-0.2, -0.15) is 0 Å². The predicted octanol–water partition coefficient (Wildman–Crippen LogP) is 4.23. The van der Waals surface area contributed by atoms with Gasteiger partial charge in [0, 0.05) is 13.6 Å². The molecular formula is C17H21ClN2O. The average molecular weight is 305 g/mol. The lowest BCUT2D eigenvalue weighted by Crippen LogP contribution is -2.13. The largest absolute Gasteiger partial charge is 0.495 e. The van der Waals surface area contributed by atoms with Gasteiger partial charge in [0.25, 0.3) is 0 Å². The van der Waals surface area contributed by atoms with E-state index in [0.29, 0.717) is 0 Å². The molecule has 0 saturated carbocycles. The Hall–Kier alpha value is -1.71. The van der Waals surface area contributed by atoms with Crippen LogP contribution >= 0.6 is 11.6 Å². The van der Waals surface area contributed by atoms with Crippen molar-refractivity contribution in [1.29, 1.82) is 0 Å². The van der Waals surface area contributed by atoms with Gasteiger partial charge in [0.1, 0.15) is 5.75 Å². The number of hydrogen-bond donors (Lipinski definition) is 1. The Morgan fingerprint density at radius 1 is 1.14 bits per heavy atom. The van der Waals surface area contributed by atoms with Gasteiger partial charge in [0.15, 0.2) is 0 Å². The molecule has 0 fully saturated rings. The van der Waals surface area contributed by atoms with Gasteiger partial charge in [-0.25, -0.2) is 0 Å². The Kier molecular flexibility index (Phi) is 5.48. The number of anilines is 2. The maximum atomic E-state index is 6.44. The predicted molar refractivity (Wildman–Crippen MR) is 89.9 cm³/mol. The van der Waals surface area contributed by atoms with Gasteiger partial charge in [-0.3, -0.25) is 0 Å². The van der Waals surface area contributed by atoms with E-state index in [1.807, 2.05) is 48.3 Å². The molecule has 0 radical (unpaired) electrons. The molecule has 2 rings (SSSR count). The number of para-hydroxylation sites is 2. The molecule has 0 heterocycles. The zero-order chi connectivity index (χ0) is 15.2. The first-order valence-electron chi connectivity index (χ1n) is 7.03. The van der Waals surface area contributed by atoms with Crippen molar-refractivity contribution in [3.8, 4) is 5.75 Å². The molecule has 3 nitrogen and oxygen atoms in total. The Balaban J connectivity index is 2.28. The van der Waals surface area contributed by atoms with Crippen molar-refractivity contribution in [1.82, 2.24) is 5.32 Å². The van der Waals surface area contributed by atoms with Crippen molar-refractivity contribution in [2.24, 2.45) is 0 Å². The first-order valence-corrected chi connectivity index (χ1v) is 7.41. The van der Waals surface area contributed by atoms with E-state index in [2.05, 4.69) is 18.3 Å². The molecule has 0 bridgehead atoms. The van der Waals surface area contributed by atoms with Crippen LogP contribution in [0.3, 0.4) is 0 Å². The van der Waals surface area contributed by atoms with Crippen LogP contribution in [0.25, 0.3) is 0 Å². The van der Waals surface area contributed by atoms with Gasteiger partial charge >= 0.3 is 0 Å². The minimum Gasteiger partial charge on any atom is -0.495 e. The molecule has 4 heteroatoms. The molecule has 0 aliphatic carbocycles. The number of benzene rings is 2. The number of hydrogen-bond acceptors (Lipinski definition) is 3. The first kappa shape index (κ1) is 15.7. The number of rotatable bonds is 6. The second kappa shape index (κ2) is 7.34. The molecule has 112 valence electrons. The standard InChI is InChI=1S/C17H21ClN2O/c1-4-19-12-13-9-10-15(14(18)11-13)20(2)16-7-5-6-8-17(16)21-3/h5-11,19H,4,12H2,1-3H3. The maximum absolute atomic E-state index is 6.44. The summed E-state index contributed by atoms with van der Waals surface area (Å²) in [7, 11) is 3.66. The fourth-order valence-corrected chi connectivity index (χ4v) is 2.57. The van der Waals surface area contributed by atoms with E-state index >= 15 is 0 Å². The number of ether oxygens (including phenoxy) is 1. The average Bonchev–Trinajstić information content (AvgIpc) is 2.52. The molecule has 21 heavy (non-hydrogen) atoms. The summed E-state index contributed by atoms with van der Waals surface area (Å²) in [4.78, 5) is 2.04. The van der Waals surface area contributed by atoms with Gasteiger partial charge in [0.2, 0.25) is 0 Å². The highest BCUT2D eigenvalue weighted by Crippen LogP contribution is 2.36. The van der Waals surface area contributed by atoms with E-state index in [-0.39, 0.29) is 0 Å². The lowest BCUT2D eigenvalue weighted by molar-refractivity contribution is 0.415. The minimum atomic E-state index is 0.735. The highest BCUT2D eigenvalue weighted by Gasteiger charge is 2.12. The molecule has 0 saturated heterocycles. The summed E-state index contributed by atoms with van der Waals surface area (Å²) in [6, 6.07) is 14.0. The Bertz CT molecular complexity index is 601. The summed E-state index contributed by atoms with van der Waals surface area (Å²) in [6.07, 6.45) is 0. The van der Waals surface area contributed by atoms with Gasteiger partial charge in [-0.15, -0.1) is 0 Å². The molecule has 2 aromatic carbocycles. The van der Waals surface area contributed by atoms with Gasteiger partial charge < -0.3 is 15.0 Å². The van der Waals surface area contributed by atoms with Crippen molar-refractivity contribution < 1.29 is 4.74 Å². The van der Waals surface area contributed by atoms with Gasteiger partial charge in [0.05, 0.1) is 23.5 Å². The Morgan fingerprint density at radius 3 is 2.57 bits per heavy atom. The molecule has 0 atom stereocenters. The third-order valence-electron chi connectivity index (χ3n) is 3.40. The quantitative estimate of drug-likeness (QED) is 0.864. The molecular weight excluding hydrogens is 284 g/mol. The monoisotopic (exact) mass is 304 g/mol. The second-order valence-corrected chi connectivity index (χ2v) is 5.20. The SMILES string of the molecule is CCNCc1ccc(N(C)c2ccccc2OC)c(Cl)c1. The lowest BCUT2D eigenvalue weighted by atomic mass is 10.1. The molecule has 0 aliphatic heterocycles. The van der Waals surface area contributed by atoms with E-state index in [1.54, 1.807) is 7.11 Å². The smallest absolute Gasteiger partial charge is 0.142 e. The van der Waals surface area contributed by atoms with E-state index in [4.69, 9.17) is 16.3 Å². The van der Waals surface area contributed by atoms with Crippen LogP contribution in [-0.4, -0.2) is 20.7 Å². The summed E-state index contributed by atoms with van der Waals surface area (Å²) in [5.41, 5.74) is 3.13. The zero-order valence-corrected chi connectivity index (χ0v) is 13.4. The third kappa shape index (κ3) is 3.69. The molecule has 1 N–H and O–H groups in total. The van der Waals surface area contributed by atoms with E-state index in [9.17, 15) is 0 Å². The summed E-state index contributed by atoms with van der Waals surface area (Å²) in [5, 5.41) is 4.03. The number of halogens is 1. The minimum absolute atomic E-state index is 0.735. The fraction of sp³-hybridized carbons (Fsp3) is 0.294. The van der Waals surface area contributed by atoms with Crippen molar-refractivity contribution in [3.63, 3.8) is 0 Å². The topological polar surface area (TPSA) is 24.5 Å². The Morgan fingerprint density at radius 2 is 1.90 bits per heavy atom. The van der Waals surface area contributed by atoms with Crippen molar-refractivity contribution >= 4 is 23.0 Å². The van der Waals surface area contributed by atoms with Crippen LogP contribution in [0.2, 0.25) is 5.02 Å². The normalized spacial score (nSPS) is 10.5. The fourth-order valence-electron chi connectivity index (χ4n) is 2.24. The summed E-state index contributed by atoms with van der Waals surface area (Å²) in [5.74, 6) is 0.827. The lowest BCUT2D eigenvalue weighted by Gasteiger charge is -2.23. The molecule has 0 aromatic heterocycles. The highest BCUT2D eigenvalue weighted by atomic mass is 35.5. The molecule has 0 amide bonds. The zero-order valence-electron chi connectivity index (χ0n) is 12.7. The van der Waals surface area contributed by atoms with Crippen LogP contribution in [0.4, 0.5) is 11.4 Å². The number of nitrogens with zero attached hydrogens (tertiary/aromatic N) is 1. The number of nitrogens with one attached hydrogen (secondary N) is 1. The van der Waals surface area contributed by atoms with E-state index < -0.39 is 0 Å². The summed E-state index contributed by atoms with van der Waals surface area (Å²) < 4.78 is 5.41. The van der Waals surface area contributed by atoms with Crippen LogP contribution < -0.4 is 15.0 Å². The van der Waals surface area contributed by atoms with Crippen LogP contribution in [0.1, 0.15) is 12.5 Å². The Labute approximate surface area is 131 Å². The molecule has 0 unspecified atom stereocenters. The van der Waals surface area contributed by atoms with Crippen LogP contribution in [0.15, 0.2) is 42.5 Å². The highest BCUT2D eigenvalue weighted by molar-refractivity contribution is 6.33. The van der Waals surface area contributed by atoms with E-state index in [1.165, 1.54) is 5.56 Å². The molecule has 2 aromatic rings. The summed E-state index contributed by atoms with van der Waals surface area (Å²) >= 11 is 6.44. The van der Waals surface area contributed by atoms with Crippen LogP contribution in [-0.2, 0) is 6.54 Å². The van der Waals surface area contributed by atoms with Crippen molar-refractivity contribution in [2.75, 3.05) is 25.6 Å². The van der Waals surface area contributed by atoms with Crippen molar-refractivity contribution in [2.45, 2.75) is 13.5 Å². The maximum Gasteiger partial charge on any atom is 0.142 e. The first-order chi connectivity index (χ1) is 10.2. The molecule has 0 spiro atoms. The van der Waals surface area contributed by atoms with Gasteiger partial charge in [-0.05, 0) is 36.4 Å². The van der Waals surface area contributed by atoms with Crippen LogP contribution in [0.5, 0.6) is 5.75 Å². The second-order valence-electron chi connectivity index (χ2n) is 4.80. The number of methoxy groups -OCH3 is 1. The summed E-state index contributed by atoms with van der Waals surface area (Å²) in [6.45, 7) is 3.86. The van der Waals surface area contributed by atoms with E-state index in [0.717, 1.165) is 35.2 Å².